The van der Waals surface area contributed by atoms with Crippen molar-refractivity contribution < 1.29 is 20.1 Å². The Kier molecular flexibility index (Phi) is 6.61. The van der Waals surface area contributed by atoms with Crippen LogP contribution in [0.4, 0.5) is 0 Å². The number of benzene rings is 4. The first-order valence-electron chi connectivity index (χ1n) is 10.7. The topological polar surface area (TPSA) is 69.9 Å². The Labute approximate surface area is 188 Å². The second kappa shape index (κ2) is 9.92. The summed E-state index contributed by atoms with van der Waals surface area (Å²) < 4.78 is 6.01. The molecule has 0 aromatic heterocycles. The van der Waals surface area contributed by atoms with E-state index in [9.17, 15) is 15.3 Å². The summed E-state index contributed by atoms with van der Waals surface area (Å²) in [5, 5.41) is 29.1. The first kappa shape index (κ1) is 21.3. The van der Waals surface area contributed by atoms with Crippen LogP contribution in [0.1, 0.15) is 22.3 Å². The largest absolute Gasteiger partial charge is 0.508 e. The number of hydrogen-bond acceptors (Lipinski definition) is 4. The second-order valence-electron chi connectivity index (χ2n) is 7.88. The summed E-state index contributed by atoms with van der Waals surface area (Å²) in [7, 11) is 0. The molecule has 4 rings (SSSR count). The Balaban J connectivity index is 1.40. The van der Waals surface area contributed by atoms with Crippen molar-refractivity contribution in [2.24, 2.45) is 0 Å². The Hall–Kier alpha value is -3.92. The molecule has 0 heterocycles. The second-order valence-corrected chi connectivity index (χ2v) is 7.88. The van der Waals surface area contributed by atoms with Gasteiger partial charge in [-0.3, -0.25) is 0 Å². The highest BCUT2D eigenvalue weighted by Gasteiger charge is 2.07. The molecule has 0 aliphatic rings. The maximum atomic E-state index is 10.3. The van der Waals surface area contributed by atoms with Crippen molar-refractivity contribution in [1.82, 2.24) is 0 Å². The van der Waals surface area contributed by atoms with Gasteiger partial charge in [0.05, 0.1) is 0 Å². The van der Waals surface area contributed by atoms with Gasteiger partial charge < -0.3 is 20.1 Å². The molecular weight excluding hydrogens is 400 g/mol. The Bertz CT molecular complexity index is 1160. The van der Waals surface area contributed by atoms with Gasteiger partial charge in [-0.2, -0.15) is 0 Å². The summed E-state index contributed by atoms with van der Waals surface area (Å²) in [5.74, 6) is 1.75. The summed E-state index contributed by atoms with van der Waals surface area (Å²) in [5.41, 5.74) is 4.50. The number of ether oxygens (including phenoxy) is 1. The molecule has 0 amide bonds. The van der Waals surface area contributed by atoms with Gasteiger partial charge in [0.2, 0.25) is 0 Å². The maximum Gasteiger partial charge on any atom is 0.169 e. The molecule has 4 heteroatoms. The lowest BCUT2D eigenvalue weighted by Gasteiger charge is -2.11. The summed E-state index contributed by atoms with van der Waals surface area (Å²) >= 11 is 0. The number of phenolic OH excluding ortho intramolecular Hbond substituents is 3. The summed E-state index contributed by atoms with van der Waals surface area (Å²) in [6, 6.07) is 27.8. The minimum Gasteiger partial charge on any atom is -0.508 e. The van der Waals surface area contributed by atoms with Crippen LogP contribution in [0, 0.1) is 0 Å². The minimum atomic E-state index is 0.105. The quantitative estimate of drug-likeness (QED) is 0.315. The van der Waals surface area contributed by atoms with Gasteiger partial charge in [-0.05, 0) is 96.5 Å². The van der Waals surface area contributed by atoms with E-state index in [0.29, 0.717) is 11.5 Å². The maximum absolute atomic E-state index is 10.3. The molecule has 0 bridgehead atoms. The Morgan fingerprint density at radius 2 is 1.00 bits per heavy atom. The number of aryl methyl sites for hydroxylation is 4. The molecule has 0 fully saturated rings. The van der Waals surface area contributed by atoms with Crippen LogP contribution in [0.2, 0.25) is 0 Å². The van der Waals surface area contributed by atoms with Crippen molar-refractivity contribution in [2.75, 3.05) is 0 Å². The van der Waals surface area contributed by atoms with Crippen LogP contribution in [0.15, 0.2) is 91.0 Å². The van der Waals surface area contributed by atoms with Crippen LogP contribution in [0.25, 0.3) is 0 Å². The molecule has 0 aliphatic carbocycles. The molecular formula is C28H26O4. The van der Waals surface area contributed by atoms with E-state index < -0.39 is 0 Å². The zero-order valence-electron chi connectivity index (χ0n) is 17.7. The average molecular weight is 427 g/mol. The molecule has 162 valence electrons. The average Bonchev–Trinajstić information content (AvgIpc) is 2.80. The number of phenols is 3. The standard InChI is InChI=1S/C28H26O4/c29-24-13-8-20(9-14-24)4-6-22-2-1-3-26(18-22)32-28-19-23(12-17-27(28)31)7-5-21-10-15-25(30)16-11-21/h1-3,8-19,29-31H,4-7H2. The third kappa shape index (κ3) is 5.82. The first-order valence-corrected chi connectivity index (χ1v) is 10.7. The zero-order valence-corrected chi connectivity index (χ0v) is 17.7. The zero-order chi connectivity index (χ0) is 22.3. The Morgan fingerprint density at radius 3 is 1.59 bits per heavy atom. The van der Waals surface area contributed by atoms with Crippen molar-refractivity contribution >= 4 is 0 Å². The van der Waals surface area contributed by atoms with Crippen LogP contribution in [0.5, 0.6) is 28.7 Å². The summed E-state index contributed by atoms with van der Waals surface area (Å²) in [4.78, 5) is 0. The molecule has 0 spiro atoms. The monoisotopic (exact) mass is 426 g/mol. The predicted octanol–water partition coefficient (Wildman–Crippen LogP) is 6.17. The predicted molar refractivity (Wildman–Crippen MR) is 126 cm³/mol. The first-order chi connectivity index (χ1) is 15.5. The van der Waals surface area contributed by atoms with Gasteiger partial charge in [-0.1, -0.05) is 42.5 Å². The smallest absolute Gasteiger partial charge is 0.169 e. The summed E-state index contributed by atoms with van der Waals surface area (Å²) in [6.07, 6.45) is 3.34. The van der Waals surface area contributed by atoms with Gasteiger partial charge in [0.1, 0.15) is 17.2 Å². The molecule has 0 radical (unpaired) electrons. The Morgan fingerprint density at radius 1 is 0.500 bits per heavy atom. The molecule has 0 atom stereocenters. The van der Waals surface area contributed by atoms with E-state index >= 15 is 0 Å². The van der Waals surface area contributed by atoms with E-state index in [4.69, 9.17) is 4.74 Å². The molecule has 0 saturated carbocycles. The molecule has 0 unspecified atom stereocenters. The fraction of sp³-hybridized carbons (Fsp3) is 0.143. The van der Waals surface area contributed by atoms with Crippen molar-refractivity contribution in [2.45, 2.75) is 25.7 Å². The highest BCUT2D eigenvalue weighted by Crippen LogP contribution is 2.32. The molecule has 32 heavy (non-hydrogen) atoms. The molecule has 4 aromatic carbocycles. The lowest BCUT2D eigenvalue weighted by atomic mass is 10.0. The van der Waals surface area contributed by atoms with Crippen LogP contribution < -0.4 is 4.74 Å². The lowest BCUT2D eigenvalue weighted by Crippen LogP contribution is -1.94. The van der Waals surface area contributed by atoms with Gasteiger partial charge in [-0.25, -0.2) is 0 Å². The van der Waals surface area contributed by atoms with Crippen molar-refractivity contribution in [3.05, 3.63) is 113 Å². The van der Waals surface area contributed by atoms with Gasteiger partial charge in [0.25, 0.3) is 0 Å². The van der Waals surface area contributed by atoms with E-state index in [1.165, 1.54) is 0 Å². The third-order valence-electron chi connectivity index (χ3n) is 5.43. The van der Waals surface area contributed by atoms with Gasteiger partial charge in [0.15, 0.2) is 11.5 Å². The summed E-state index contributed by atoms with van der Waals surface area (Å²) in [6.45, 7) is 0. The molecule has 3 N–H and O–H groups in total. The van der Waals surface area contributed by atoms with Crippen LogP contribution in [-0.2, 0) is 25.7 Å². The normalized spacial score (nSPS) is 10.8. The van der Waals surface area contributed by atoms with Crippen LogP contribution >= 0.6 is 0 Å². The highest BCUT2D eigenvalue weighted by atomic mass is 16.5. The third-order valence-corrected chi connectivity index (χ3v) is 5.43. The van der Waals surface area contributed by atoms with E-state index in [-0.39, 0.29) is 17.2 Å². The highest BCUT2D eigenvalue weighted by molar-refractivity contribution is 5.45. The van der Waals surface area contributed by atoms with Gasteiger partial charge >= 0.3 is 0 Å². The lowest BCUT2D eigenvalue weighted by molar-refractivity contribution is 0.410. The SMILES string of the molecule is Oc1ccc(CCc2cccc(Oc3cc(CCc4ccc(O)cc4)ccc3O)c2)cc1. The fourth-order valence-electron chi connectivity index (χ4n) is 3.59. The van der Waals surface area contributed by atoms with E-state index in [1.807, 2.05) is 54.6 Å². The van der Waals surface area contributed by atoms with Crippen molar-refractivity contribution in [3.8, 4) is 28.7 Å². The number of aromatic hydroxyl groups is 3. The van der Waals surface area contributed by atoms with Gasteiger partial charge in [-0.15, -0.1) is 0 Å². The molecule has 0 saturated heterocycles. The number of hydrogen-bond donors (Lipinski definition) is 3. The van der Waals surface area contributed by atoms with Crippen molar-refractivity contribution in [3.63, 3.8) is 0 Å². The minimum absolute atomic E-state index is 0.105. The van der Waals surface area contributed by atoms with E-state index in [1.54, 1.807) is 30.3 Å². The van der Waals surface area contributed by atoms with Gasteiger partial charge in [0, 0.05) is 0 Å². The molecule has 0 aliphatic heterocycles. The fourth-order valence-corrected chi connectivity index (χ4v) is 3.59. The van der Waals surface area contributed by atoms with Crippen LogP contribution in [-0.4, -0.2) is 15.3 Å². The molecule has 4 nitrogen and oxygen atoms in total. The number of rotatable bonds is 8. The van der Waals surface area contributed by atoms with Crippen LogP contribution in [0.3, 0.4) is 0 Å². The molecule has 4 aromatic rings. The van der Waals surface area contributed by atoms with E-state index in [0.717, 1.165) is 47.9 Å². The van der Waals surface area contributed by atoms with Crippen molar-refractivity contribution in [1.29, 1.82) is 0 Å². The van der Waals surface area contributed by atoms with E-state index in [2.05, 4.69) is 6.07 Å².